The highest BCUT2D eigenvalue weighted by Crippen LogP contribution is 2.12. The van der Waals surface area contributed by atoms with Crippen LogP contribution in [0.5, 0.6) is 5.75 Å². The third-order valence-corrected chi connectivity index (χ3v) is 2.36. The van der Waals surface area contributed by atoms with Crippen LogP contribution in [-0.2, 0) is 0 Å². The fraction of sp³-hybridized carbons (Fsp3) is 0. The predicted octanol–water partition coefficient (Wildman–Crippen LogP) is 2.02. The summed E-state index contributed by atoms with van der Waals surface area (Å²) in [5.74, 6) is -0.531. The van der Waals surface area contributed by atoms with Crippen LogP contribution < -0.4 is 10.6 Å². The van der Waals surface area contributed by atoms with E-state index in [0.29, 0.717) is 11.3 Å². The molecule has 0 saturated heterocycles. The van der Waals surface area contributed by atoms with Gasteiger partial charge in [0.2, 0.25) is 5.96 Å². The molecule has 0 atom stereocenters. The van der Waals surface area contributed by atoms with Gasteiger partial charge >= 0.3 is 0 Å². The van der Waals surface area contributed by atoms with Gasteiger partial charge in [-0.25, -0.2) is 0 Å². The van der Waals surface area contributed by atoms with Gasteiger partial charge < -0.3 is 10.6 Å². The number of para-hydroxylation sites is 1. The molecule has 96 valence electrons. The van der Waals surface area contributed by atoms with Gasteiger partial charge in [0.25, 0.3) is 5.91 Å². The molecular weight excluding hydrogens is 242 g/mol. The number of guanidine groups is 1. The highest BCUT2D eigenvalue weighted by Gasteiger charge is 2.20. The van der Waals surface area contributed by atoms with Gasteiger partial charge in [0.15, 0.2) is 5.75 Å². The lowest BCUT2D eigenvalue weighted by atomic mass is 10.2. The SMILES string of the molecule is N=C(N)N(Oc1ccccc1)C(=O)c1ccccc1. The van der Waals surface area contributed by atoms with E-state index >= 15 is 0 Å². The second-order valence-corrected chi connectivity index (χ2v) is 3.76. The first-order chi connectivity index (χ1) is 9.18. The molecule has 3 N–H and O–H groups in total. The van der Waals surface area contributed by atoms with Crippen molar-refractivity contribution in [2.24, 2.45) is 5.73 Å². The maximum absolute atomic E-state index is 12.2. The Morgan fingerprint density at radius 2 is 1.53 bits per heavy atom. The summed E-state index contributed by atoms with van der Waals surface area (Å²) < 4.78 is 0. The number of benzene rings is 2. The maximum Gasteiger partial charge on any atom is 0.294 e. The number of nitrogens with one attached hydrogen (secondary N) is 1. The molecular formula is C14H13N3O2. The zero-order chi connectivity index (χ0) is 13.7. The Balaban J connectivity index is 2.22. The largest absolute Gasteiger partial charge is 0.369 e. The molecule has 0 aliphatic heterocycles. The van der Waals surface area contributed by atoms with Gasteiger partial charge in [0.05, 0.1) is 0 Å². The molecule has 0 aliphatic carbocycles. The molecule has 0 bridgehead atoms. The summed E-state index contributed by atoms with van der Waals surface area (Å²) >= 11 is 0. The molecule has 0 fully saturated rings. The van der Waals surface area contributed by atoms with Crippen molar-refractivity contribution < 1.29 is 9.63 Å². The Kier molecular flexibility index (Phi) is 3.78. The lowest BCUT2D eigenvalue weighted by molar-refractivity contribution is 0.0153. The molecule has 2 rings (SSSR count). The third-order valence-electron chi connectivity index (χ3n) is 2.36. The minimum absolute atomic E-state index is 0.397. The van der Waals surface area contributed by atoms with Crippen molar-refractivity contribution in [2.75, 3.05) is 0 Å². The lowest BCUT2D eigenvalue weighted by Gasteiger charge is -2.20. The van der Waals surface area contributed by atoms with Gasteiger partial charge in [-0.15, -0.1) is 5.06 Å². The molecule has 2 aromatic rings. The van der Waals surface area contributed by atoms with Crippen LogP contribution in [0.15, 0.2) is 60.7 Å². The number of hydrogen-bond donors (Lipinski definition) is 2. The van der Waals surface area contributed by atoms with E-state index in [4.69, 9.17) is 16.0 Å². The number of rotatable bonds is 3. The molecule has 0 aliphatic rings. The molecule has 0 heterocycles. The summed E-state index contributed by atoms with van der Waals surface area (Å²) in [6.45, 7) is 0. The average Bonchev–Trinajstić information content (AvgIpc) is 2.46. The number of carbonyl (C=O) groups excluding carboxylic acids is 1. The quantitative estimate of drug-likeness (QED) is 0.500. The number of amides is 1. The summed E-state index contributed by atoms with van der Waals surface area (Å²) in [7, 11) is 0. The van der Waals surface area contributed by atoms with E-state index in [1.54, 1.807) is 54.6 Å². The van der Waals surface area contributed by atoms with E-state index in [2.05, 4.69) is 0 Å². The monoisotopic (exact) mass is 255 g/mol. The second kappa shape index (κ2) is 5.68. The lowest BCUT2D eigenvalue weighted by Crippen LogP contribution is -2.43. The first-order valence-corrected chi connectivity index (χ1v) is 5.65. The van der Waals surface area contributed by atoms with Gasteiger partial charge in [-0.1, -0.05) is 36.4 Å². The predicted molar refractivity (Wildman–Crippen MR) is 71.6 cm³/mol. The van der Waals surface area contributed by atoms with Crippen molar-refractivity contribution in [1.82, 2.24) is 5.06 Å². The van der Waals surface area contributed by atoms with Crippen LogP contribution in [0.4, 0.5) is 0 Å². The van der Waals surface area contributed by atoms with Crippen LogP contribution in [0.25, 0.3) is 0 Å². The zero-order valence-electron chi connectivity index (χ0n) is 10.1. The number of nitrogens with two attached hydrogens (primary N) is 1. The van der Waals surface area contributed by atoms with Crippen molar-refractivity contribution in [3.8, 4) is 5.75 Å². The van der Waals surface area contributed by atoms with Crippen molar-refractivity contribution in [2.45, 2.75) is 0 Å². The van der Waals surface area contributed by atoms with Crippen LogP contribution in [0.3, 0.4) is 0 Å². The summed E-state index contributed by atoms with van der Waals surface area (Å²) in [5.41, 5.74) is 5.78. The summed E-state index contributed by atoms with van der Waals surface area (Å²) in [5, 5.41) is 8.19. The molecule has 0 unspecified atom stereocenters. The highest BCUT2D eigenvalue weighted by molar-refractivity contribution is 6.03. The van der Waals surface area contributed by atoms with E-state index in [1.807, 2.05) is 6.07 Å². The smallest absolute Gasteiger partial charge is 0.294 e. The fourth-order valence-corrected chi connectivity index (χ4v) is 1.48. The first-order valence-electron chi connectivity index (χ1n) is 5.65. The summed E-state index contributed by atoms with van der Waals surface area (Å²) in [6, 6.07) is 17.2. The topological polar surface area (TPSA) is 79.4 Å². The van der Waals surface area contributed by atoms with Gasteiger partial charge in [0.1, 0.15) is 0 Å². The summed E-state index contributed by atoms with van der Waals surface area (Å²) in [4.78, 5) is 17.5. The third kappa shape index (κ3) is 3.10. The molecule has 19 heavy (non-hydrogen) atoms. The Morgan fingerprint density at radius 1 is 1.00 bits per heavy atom. The molecule has 5 heteroatoms. The first kappa shape index (κ1) is 12.6. The molecule has 2 aromatic carbocycles. The van der Waals surface area contributed by atoms with Gasteiger partial charge in [-0.2, -0.15) is 0 Å². The van der Waals surface area contributed by atoms with Crippen LogP contribution in [0, 0.1) is 5.41 Å². The van der Waals surface area contributed by atoms with Gasteiger partial charge in [-0.3, -0.25) is 10.2 Å². The van der Waals surface area contributed by atoms with E-state index in [9.17, 15) is 4.79 Å². The van der Waals surface area contributed by atoms with Crippen LogP contribution in [0.1, 0.15) is 10.4 Å². The normalized spacial score (nSPS) is 9.68. The number of carbonyl (C=O) groups is 1. The molecule has 0 radical (unpaired) electrons. The minimum atomic E-state index is -0.489. The zero-order valence-corrected chi connectivity index (χ0v) is 10.1. The van der Waals surface area contributed by atoms with Crippen LogP contribution in [0.2, 0.25) is 0 Å². The number of nitrogens with zero attached hydrogens (tertiary/aromatic N) is 1. The Labute approximate surface area is 110 Å². The summed E-state index contributed by atoms with van der Waals surface area (Å²) in [6.07, 6.45) is 0. The van der Waals surface area contributed by atoms with E-state index in [0.717, 1.165) is 5.06 Å². The van der Waals surface area contributed by atoms with Crippen molar-refractivity contribution >= 4 is 11.9 Å². The molecule has 1 amide bonds. The Morgan fingerprint density at radius 3 is 2.05 bits per heavy atom. The molecule has 0 spiro atoms. The van der Waals surface area contributed by atoms with Crippen molar-refractivity contribution in [1.29, 1.82) is 5.41 Å². The van der Waals surface area contributed by atoms with Crippen molar-refractivity contribution in [3.63, 3.8) is 0 Å². The van der Waals surface area contributed by atoms with Crippen LogP contribution in [-0.4, -0.2) is 16.9 Å². The highest BCUT2D eigenvalue weighted by atomic mass is 16.7. The fourth-order valence-electron chi connectivity index (χ4n) is 1.48. The molecule has 5 nitrogen and oxygen atoms in total. The molecule has 0 saturated carbocycles. The second-order valence-electron chi connectivity index (χ2n) is 3.76. The molecule has 0 aromatic heterocycles. The minimum Gasteiger partial charge on any atom is -0.369 e. The van der Waals surface area contributed by atoms with E-state index in [-0.39, 0.29) is 0 Å². The van der Waals surface area contributed by atoms with E-state index < -0.39 is 11.9 Å². The van der Waals surface area contributed by atoms with E-state index in [1.165, 1.54) is 0 Å². The van der Waals surface area contributed by atoms with Gasteiger partial charge in [-0.05, 0) is 24.3 Å². The maximum atomic E-state index is 12.2. The number of hydrogen-bond acceptors (Lipinski definition) is 3. The Bertz CT molecular complexity index is 570. The van der Waals surface area contributed by atoms with Gasteiger partial charge in [0, 0.05) is 5.56 Å². The van der Waals surface area contributed by atoms with Crippen LogP contribution >= 0.6 is 0 Å². The average molecular weight is 255 g/mol. The number of hydroxylamine groups is 2. The Hall–Kier alpha value is -2.82. The standard InChI is InChI=1S/C14H13N3O2/c15-14(16)17(19-12-9-5-2-6-10-12)13(18)11-7-3-1-4-8-11/h1-10H,(H3,15,16). The van der Waals surface area contributed by atoms with Crippen molar-refractivity contribution in [3.05, 3.63) is 66.2 Å².